The van der Waals surface area contributed by atoms with Gasteiger partial charge in [0.1, 0.15) is 0 Å². The Hall–Kier alpha value is -4.90. The van der Waals surface area contributed by atoms with Gasteiger partial charge in [0.2, 0.25) is 0 Å². The van der Waals surface area contributed by atoms with Crippen LogP contribution in [0.2, 0.25) is 0 Å². The molecule has 8 aromatic rings. The lowest BCUT2D eigenvalue weighted by Crippen LogP contribution is -2.34. The summed E-state index contributed by atoms with van der Waals surface area (Å²) in [7, 11) is 0. The predicted octanol–water partition coefficient (Wildman–Crippen LogP) is 14.4. The summed E-state index contributed by atoms with van der Waals surface area (Å²) in [5, 5.41) is 2.64. The fourth-order valence-electron chi connectivity index (χ4n) is 8.90. The first kappa shape index (κ1) is 31.8. The van der Waals surface area contributed by atoms with Gasteiger partial charge in [0.25, 0.3) is 0 Å². The average Bonchev–Trinajstić information content (AvgIpc) is 3.49. The maximum atomic E-state index is 3.68. The first-order valence-electron chi connectivity index (χ1n) is 17.9. The van der Waals surface area contributed by atoms with Crippen LogP contribution in [0.3, 0.4) is 0 Å². The number of halogens is 2. The summed E-state index contributed by atoms with van der Waals surface area (Å²) in [6, 6.07) is 53.9. The molecule has 0 bridgehead atoms. The predicted molar refractivity (Wildman–Crippen MR) is 226 cm³/mol. The van der Waals surface area contributed by atoms with Crippen LogP contribution < -0.4 is 4.90 Å². The van der Waals surface area contributed by atoms with E-state index in [1.54, 1.807) is 0 Å². The summed E-state index contributed by atoms with van der Waals surface area (Å²) in [5.74, 6) is 0. The molecule has 0 radical (unpaired) electrons. The van der Waals surface area contributed by atoms with E-state index < -0.39 is 0 Å². The molecule has 0 N–H and O–H groups in total. The Kier molecular flexibility index (Phi) is 6.91. The zero-order valence-electron chi connectivity index (χ0n) is 29.5. The number of hydrogen-bond acceptors (Lipinski definition) is 1. The van der Waals surface area contributed by atoms with Gasteiger partial charge in [-0.25, -0.2) is 0 Å². The van der Waals surface area contributed by atoms with Crippen molar-refractivity contribution < 1.29 is 0 Å². The van der Waals surface area contributed by atoms with E-state index in [-0.39, 0.29) is 10.8 Å². The first-order chi connectivity index (χ1) is 25.1. The Morgan fingerprint density at radius 2 is 0.827 bits per heavy atom. The molecule has 0 fully saturated rings. The van der Waals surface area contributed by atoms with Crippen molar-refractivity contribution in [1.82, 2.24) is 4.57 Å². The van der Waals surface area contributed by atoms with E-state index in [1.165, 1.54) is 72.0 Å². The molecule has 1 aromatic heterocycles. The van der Waals surface area contributed by atoms with E-state index in [2.05, 4.69) is 215 Å². The number of fused-ring (bicyclic) bond motifs is 1. The van der Waals surface area contributed by atoms with E-state index >= 15 is 0 Å². The number of rotatable bonds is 5. The SMILES string of the molecule is CC1(C)c2cc(N(c3ccc(Br)cc3)c3ccc(Br)cc3)cc3c2-n2c4c1cc(-c1ccccc1)cc4c1cc(-c4ccccc4)cc(c12)C3(C)C. The van der Waals surface area contributed by atoms with E-state index in [0.29, 0.717) is 0 Å². The molecule has 2 aliphatic rings. The summed E-state index contributed by atoms with van der Waals surface area (Å²) >= 11 is 7.36. The molecule has 2 aliphatic heterocycles. The fourth-order valence-corrected chi connectivity index (χ4v) is 9.43. The Balaban J connectivity index is 1.35. The standard InChI is InChI=1S/C48H36Br2N2/c1-47(2)40-25-31(29-11-7-5-8-12-29)23-38-39-24-32(30-13-9-6-10-14-30)26-41-45(39)52(44(38)40)46-42(47)27-37(28-43(46)48(41,3)4)51(35-19-15-33(49)16-20-35)36-21-17-34(50)18-22-36/h5-28H,1-4H3. The molecule has 0 atom stereocenters. The molecule has 0 saturated heterocycles. The smallest absolute Gasteiger partial charge is 0.0582 e. The minimum atomic E-state index is -0.283. The van der Waals surface area contributed by atoms with Gasteiger partial charge in [-0.15, -0.1) is 0 Å². The van der Waals surface area contributed by atoms with Gasteiger partial charge in [0.15, 0.2) is 0 Å². The molecule has 0 amide bonds. The largest absolute Gasteiger partial charge is 0.310 e. The number of benzene rings is 7. The summed E-state index contributed by atoms with van der Waals surface area (Å²) < 4.78 is 4.76. The third-order valence-electron chi connectivity index (χ3n) is 11.6. The van der Waals surface area contributed by atoms with Gasteiger partial charge in [-0.3, -0.25) is 0 Å². The van der Waals surface area contributed by atoms with Crippen molar-refractivity contribution in [1.29, 1.82) is 0 Å². The third-order valence-corrected chi connectivity index (χ3v) is 12.7. The molecular weight excluding hydrogens is 764 g/mol. The minimum Gasteiger partial charge on any atom is -0.310 e. The highest BCUT2D eigenvalue weighted by Crippen LogP contribution is 2.58. The van der Waals surface area contributed by atoms with Gasteiger partial charge in [-0.1, -0.05) is 120 Å². The fraction of sp³-hybridized carbons (Fsp3) is 0.125. The van der Waals surface area contributed by atoms with Gasteiger partial charge in [0, 0.05) is 47.6 Å². The van der Waals surface area contributed by atoms with Crippen LogP contribution in [0.1, 0.15) is 49.9 Å². The molecule has 252 valence electrons. The van der Waals surface area contributed by atoms with Crippen LogP contribution in [0.15, 0.2) is 155 Å². The lowest BCUT2D eigenvalue weighted by atomic mass is 9.68. The molecule has 2 nitrogen and oxygen atoms in total. The first-order valence-corrected chi connectivity index (χ1v) is 19.5. The van der Waals surface area contributed by atoms with Gasteiger partial charge < -0.3 is 9.47 Å². The maximum Gasteiger partial charge on any atom is 0.0582 e. The minimum absolute atomic E-state index is 0.283. The van der Waals surface area contributed by atoms with Gasteiger partial charge in [-0.2, -0.15) is 0 Å². The van der Waals surface area contributed by atoms with Crippen molar-refractivity contribution >= 4 is 70.7 Å². The summed E-state index contributed by atoms with van der Waals surface area (Å²) in [6.07, 6.45) is 0. The van der Waals surface area contributed by atoms with Crippen molar-refractivity contribution in [2.24, 2.45) is 0 Å². The van der Waals surface area contributed by atoms with E-state index in [0.717, 1.165) is 26.0 Å². The monoisotopic (exact) mass is 798 g/mol. The second kappa shape index (κ2) is 11.3. The molecule has 0 saturated carbocycles. The molecule has 10 rings (SSSR count). The maximum absolute atomic E-state index is 3.68. The lowest BCUT2D eigenvalue weighted by Gasteiger charge is -2.43. The van der Waals surface area contributed by atoms with E-state index in [4.69, 9.17) is 0 Å². The number of hydrogen-bond donors (Lipinski definition) is 0. The van der Waals surface area contributed by atoms with Crippen LogP contribution in [0.5, 0.6) is 0 Å². The average molecular weight is 801 g/mol. The molecular formula is C48H36Br2N2. The summed E-state index contributed by atoms with van der Waals surface area (Å²) in [6.45, 7) is 9.72. The van der Waals surface area contributed by atoms with Crippen molar-refractivity contribution in [3.05, 3.63) is 177 Å². The summed E-state index contributed by atoms with van der Waals surface area (Å²) in [4.78, 5) is 2.41. The van der Waals surface area contributed by atoms with Crippen molar-refractivity contribution in [3.63, 3.8) is 0 Å². The van der Waals surface area contributed by atoms with Crippen molar-refractivity contribution in [3.8, 4) is 27.9 Å². The molecule has 4 heteroatoms. The number of aromatic nitrogens is 1. The van der Waals surface area contributed by atoms with E-state index in [9.17, 15) is 0 Å². The quantitative estimate of drug-likeness (QED) is 0.168. The molecule has 3 heterocycles. The van der Waals surface area contributed by atoms with Gasteiger partial charge >= 0.3 is 0 Å². The lowest BCUT2D eigenvalue weighted by molar-refractivity contribution is 0.594. The summed E-state index contributed by atoms with van der Waals surface area (Å²) in [5.41, 5.74) is 17.2. The molecule has 0 unspecified atom stereocenters. The molecule has 0 spiro atoms. The van der Waals surface area contributed by atoms with Crippen LogP contribution in [0, 0.1) is 0 Å². The molecule has 0 aliphatic carbocycles. The highest BCUT2D eigenvalue weighted by atomic mass is 79.9. The van der Waals surface area contributed by atoms with Gasteiger partial charge in [0.05, 0.1) is 16.7 Å². The van der Waals surface area contributed by atoms with Crippen LogP contribution in [-0.4, -0.2) is 4.57 Å². The van der Waals surface area contributed by atoms with Crippen molar-refractivity contribution in [2.75, 3.05) is 4.90 Å². The second-order valence-corrected chi connectivity index (χ2v) is 17.2. The Bertz CT molecular complexity index is 2540. The highest BCUT2D eigenvalue weighted by molar-refractivity contribution is 9.10. The van der Waals surface area contributed by atoms with E-state index in [1.807, 2.05) is 0 Å². The Labute approximate surface area is 321 Å². The zero-order valence-corrected chi connectivity index (χ0v) is 32.7. The number of nitrogens with zero attached hydrogens (tertiary/aromatic N) is 2. The molecule has 7 aromatic carbocycles. The van der Waals surface area contributed by atoms with Crippen molar-refractivity contribution in [2.45, 2.75) is 38.5 Å². The normalized spacial score (nSPS) is 14.7. The molecule has 52 heavy (non-hydrogen) atoms. The Morgan fingerprint density at radius 3 is 1.23 bits per heavy atom. The third kappa shape index (κ3) is 4.53. The van der Waals surface area contributed by atoms with Crippen LogP contribution in [0.25, 0.3) is 49.7 Å². The second-order valence-electron chi connectivity index (χ2n) is 15.3. The van der Waals surface area contributed by atoms with Crippen LogP contribution >= 0.6 is 31.9 Å². The van der Waals surface area contributed by atoms with Crippen LogP contribution in [-0.2, 0) is 10.8 Å². The van der Waals surface area contributed by atoms with Gasteiger partial charge in [-0.05, 0) is 129 Å². The zero-order chi connectivity index (χ0) is 35.5. The highest BCUT2D eigenvalue weighted by Gasteiger charge is 2.44. The van der Waals surface area contributed by atoms with Crippen LogP contribution in [0.4, 0.5) is 17.1 Å². The Morgan fingerprint density at radius 1 is 0.423 bits per heavy atom. The topological polar surface area (TPSA) is 8.17 Å². The number of anilines is 3.